The van der Waals surface area contributed by atoms with Crippen molar-refractivity contribution in [3.05, 3.63) is 59.7 Å². The highest BCUT2D eigenvalue weighted by Gasteiger charge is 2.17. The zero-order chi connectivity index (χ0) is 13.7. The minimum absolute atomic E-state index is 0.147. The van der Waals surface area contributed by atoms with Gasteiger partial charge < -0.3 is 9.47 Å². The molecule has 0 aliphatic heterocycles. The Balaban J connectivity index is 2.48. The van der Waals surface area contributed by atoms with Gasteiger partial charge in [0.15, 0.2) is 0 Å². The van der Waals surface area contributed by atoms with Crippen LogP contribution in [-0.4, -0.2) is 14.2 Å². The Morgan fingerprint density at radius 3 is 2.32 bits per heavy atom. The normalized spacial score (nSPS) is 11.9. The largest absolute Gasteiger partial charge is 0.497 e. The number of rotatable bonds is 5. The lowest BCUT2D eigenvalue weighted by atomic mass is 9.98. The number of hydrogen-bond donors (Lipinski definition) is 2. The van der Waals surface area contributed by atoms with Gasteiger partial charge in [-0.15, -0.1) is 0 Å². The molecular weight excluding hydrogens is 240 g/mol. The SMILES string of the molecule is COc1ccc(OC)c(C(NN)c2ccccc2)c1. The van der Waals surface area contributed by atoms with Crippen molar-refractivity contribution >= 4 is 0 Å². The second-order valence-corrected chi connectivity index (χ2v) is 4.12. The summed E-state index contributed by atoms with van der Waals surface area (Å²) in [6, 6.07) is 15.5. The van der Waals surface area contributed by atoms with Crippen LogP contribution in [0.1, 0.15) is 17.2 Å². The van der Waals surface area contributed by atoms with Gasteiger partial charge in [0.25, 0.3) is 0 Å². The molecule has 0 aromatic heterocycles. The maximum absolute atomic E-state index is 5.71. The zero-order valence-corrected chi connectivity index (χ0v) is 11.1. The maximum Gasteiger partial charge on any atom is 0.124 e. The summed E-state index contributed by atoms with van der Waals surface area (Å²) in [6.45, 7) is 0. The highest BCUT2D eigenvalue weighted by molar-refractivity contribution is 5.46. The van der Waals surface area contributed by atoms with Crippen LogP contribution >= 0.6 is 0 Å². The summed E-state index contributed by atoms with van der Waals surface area (Å²) in [5, 5.41) is 0. The summed E-state index contributed by atoms with van der Waals surface area (Å²) in [7, 11) is 3.28. The number of ether oxygens (including phenoxy) is 2. The van der Waals surface area contributed by atoms with Crippen LogP contribution in [0, 0.1) is 0 Å². The standard InChI is InChI=1S/C15H18N2O2/c1-18-12-8-9-14(19-2)13(10-12)15(17-16)11-6-4-3-5-7-11/h3-10,15,17H,16H2,1-2H3. The molecule has 1 unspecified atom stereocenters. The number of nitrogens with one attached hydrogen (secondary N) is 1. The van der Waals surface area contributed by atoms with E-state index in [1.807, 2.05) is 48.5 Å². The molecular formula is C15H18N2O2. The van der Waals surface area contributed by atoms with Gasteiger partial charge in [-0.3, -0.25) is 5.84 Å². The average molecular weight is 258 g/mol. The van der Waals surface area contributed by atoms with E-state index in [1.165, 1.54) is 0 Å². The predicted molar refractivity (Wildman–Crippen MR) is 75.2 cm³/mol. The van der Waals surface area contributed by atoms with Gasteiger partial charge in [-0.25, -0.2) is 5.43 Å². The van der Waals surface area contributed by atoms with Gasteiger partial charge in [-0.05, 0) is 23.8 Å². The molecule has 2 aromatic rings. The quantitative estimate of drug-likeness (QED) is 0.638. The molecule has 0 spiro atoms. The van der Waals surface area contributed by atoms with E-state index < -0.39 is 0 Å². The van der Waals surface area contributed by atoms with Crippen molar-refractivity contribution in [1.82, 2.24) is 5.43 Å². The Morgan fingerprint density at radius 2 is 1.74 bits per heavy atom. The van der Waals surface area contributed by atoms with Crippen LogP contribution in [-0.2, 0) is 0 Å². The molecule has 3 N–H and O–H groups in total. The van der Waals surface area contributed by atoms with Crippen molar-refractivity contribution in [1.29, 1.82) is 0 Å². The second kappa shape index (κ2) is 6.22. The highest BCUT2D eigenvalue weighted by atomic mass is 16.5. The van der Waals surface area contributed by atoms with Gasteiger partial charge in [0.2, 0.25) is 0 Å². The van der Waals surface area contributed by atoms with Gasteiger partial charge >= 0.3 is 0 Å². The van der Waals surface area contributed by atoms with Crippen LogP contribution < -0.4 is 20.7 Å². The van der Waals surface area contributed by atoms with E-state index in [1.54, 1.807) is 14.2 Å². The van der Waals surface area contributed by atoms with Gasteiger partial charge in [0.1, 0.15) is 11.5 Å². The number of hydrogen-bond acceptors (Lipinski definition) is 4. The molecule has 1 atom stereocenters. The first-order chi connectivity index (χ1) is 9.30. The molecule has 0 radical (unpaired) electrons. The Morgan fingerprint density at radius 1 is 1.00 bits per heavy atom. The first-order valence-electron chi connectivity index (χ1n) is 6.03. The molecule has 100 valence electrons. The Bertz CT molecular complexity index is 529. The topological polar surface area (TPSA) is 56.5 Å². The first-order valence-corrected chi connectivity index (χ1v) is 6.03. The molecule has 4 heteroatoms. The molecule has 0 bridgehead atoms. The van der Waals surface area contributed by atoms with Crippen molar-refractivity contribution in [2.75, 3.05) is 14.2 Å². The van der Waals surface area contributed by atoms with E-state index in [9.17, 15) is 0 Å². The molecule has 0 saturated carbocycles. The molecule has 0 amide bonds. The lowest BCUT2D eigenvalue weighted by molar-refractivity contribution is 0.394. The minimum Gasteiger partial charge on any atom is -0.497 e. The third-order valence-electron chi connectivity index (χ3n) is 3.05. The molecule has 0 aliphatic rings. The summed E-state index contributed by atoms with van der Waals surface area (Å²) >= 11 is 0. The van der Waals surface area contributed by atoms with Crippen molar-refractivity contribution in [2.45, 2.75) is 6.04 Å². The van der Waals surface area contributed by atoms with E-state index in [4.69, 9.17) is 15.3 Å². The van der Waals surface area contributed by atoms with Crippen molar-refractivity contribution in [3.8, 4) is 11.5 Å². The molecule has 4 nitrogen and oxygen atoms in total. The van der Waals surface area contributed by atoms with E-state index in [0.717, 1.165) is 22.6 Å². The van der Waals surface area contributed by atoms with Gasteiger partial charge in [-0.2, -0.15) is 0 Å². The van der Waals surface area contributed by atoms with Crippen molar-refractivity contribution in [2.24, 2.45) is 5.84 Å². The Kier molecular flexibility index (Phi) is 4.39. The Labute approximate surface area is 113 Å². The van der Waals surface area contributed by atoms with E-state index in [0.29, 0.717) is 0 Å². The Hall–Kier alpha value is -2.04. The first kappa shape index (κ1) is 13.4. The molecule has 0 aliphatic carbocycles. The fourth-order valence-corrected chi connectivity index (χ4v) is 2.08. The summed E-state index contributed by atoms with van der Waals surface area (Å²) < 4.78 is 10.7. The fraction of sp³-hybridized carbons (Fsp3) is 0.200. The van der Waals surface area contributed by atoms with Crippen molar-refractivity contribution < 1.29 is 9.47 Å². The van der Waals surface area contributed by atoms with Gasteiger partial charge in [0, 0.05) is 5.56 Å². The van der Waals surface area contributed by atoms with Crippen molar-refractivity contribution in [3.63, 3.8) is 0 Å². The van der Waals surface area contributed by atoms with Crippen LogP contribution in [0.2, 0.25) is 0 Å². The van der Waals surface area contributed by atoms with E-state index in [2.05, 4.69) is 5.43 Å². The second-order valence-electron chi connectivity index (χ2n) is 4.12. The lowest BCUT2D eigenvalue weighted by Crippen LogP contribution is -2.29. The zero-order valence-electron chi connectivity index (χ0n) is 11.1. The smallest absolute Gasteiger partial charge is 0.124 e. The van der Waals surface area contributed by atoms with Crippen LogP contribution in [0.25, 0.3) is 0 Å². The number of benzene rings is 2. The van der Waals surface area contributed by atoms with E-state index in [-0.39, 0.29) is 6.04 Å². The molecule has 2 rings (SSSR count). The van der Waals surface area contributed by atoms with Gasteiger partial charge in [0.05, 0.1) is 20.3 Å². The van der Waals surface area contributed by atoms with Crippen LogP contribution in [0.5, 0.6) is 11.5 Å². The molecule has 2 aromatic carbocycles. The third-order valence-corrected chi connectivity index (χ3v) is 3.05. The summed E-state index contributed by atoms with van der Waals surface area (Å²) in [6.07, 6.45) is 0. The lowest BCUT2D eigenvalue weighted by Gasteiger charge is -2.20. The predicted octanol–water partition coefficient (Wildman–Crippen LogP) is 2.26. The monoisotopic (exact) mass is 258 g/mol. The number of nitrogens with two attached hydrogens (primary N) is 1. The minimum atomic E-state index is -0.147. The fourth-order valence-electron chi connectivity index (χ4n) is 2.08. The number of hydrazine groups is 1. The molecule has 19 heavy (non-hydrogen) atoms. The molecule has 0 fully saturated rings. The maximum atomic E-state index is 5.71. The number of methoxy groups -OCH3 is 2. The summed E-state index contributed by atoms with van der Waals surface area (Å²) in [5.74, 6) is 7.25. The highest BCUT2D eigenvalue weighted by Crippen LogP contribution is 2.32. The molecule has 0 saturated heterocycles. The summed E-state index contributed by atoms with van der Waals surface area (Å²) in [4.78, 5) is 0. The van der Waals surface area contributed by atoms with E-state index >= 15 is 0 Å². The average Bonchev–Trinajstić information content (AvgIpc) is 2.49. The summed E-state index contributed by atoms with van der Waals surface area (Å²) in [5.41, 5.74) is 4.83. The van der Waals surface area contributed by atoms with Crippen LogP contribution in [0.3, 0.4) is 0 Å². The molecule has 0 heterocycles. The van der Waals surface area contributed by atoms with Gasteiger partial charge in [-0.1, -0.05) is 30.3 Å². The third kappa shape index (κ3) is 2.86. The van der Waals surface area contributed by atoms with Crippen LogP contribution in [0.15, 0.2) is 48.5 Å². The van der Waals surface area contributed by atoms with Crippen LogP contribution in [0.4, 0.5) is 0 Å².